The number of ether oxygens (including phenoxy) is 2. The summed E-state index contributed by atoms with van der Waals surface area (Å²) < 4.78 is 10.5. The highest BCUT2D eigenvalue weighted by Gasteiger charge is 2.16. The molecule has 0 saturated heterocycles. The van der Waals surface area contributed by atoms with Crippen molar-refractivity contribution in [1.29, 1.82) is 0 Å². The Labute approximate surface area is 270 Å². The van der Waals surface area contributed by atoms with Crippen molar-refractivity contribution >= 4 is 11.9 Å². The largest absolute Gasteiger partial charge is 0.462 e. The molecule has 0 spiro atoms. The van der Waals surface area contributed by atoms with Gasteiger partial charge in [0.25, 0.3) is 0 Å². The molecule has 0 aliphatic rings. The lowest BCUT2D eigenvalue weighted by Gasteiger charge is -2.15. The molecule has 0 aliphatic heterocycles. The van der Waals surface area contributed by atoms with Gasteiger partial charge in [0.15, 0.2) is 6.10 Å². The van der Waals surface area contributed by atoms with Gasteiger partial charge >= 0.3 is 11.9 Å². The molecule has 0 aromatic rings. The third kappa shape index (κ3) is 32.3. The van der Waals surface area contributed by atoms with Crippen molar-refractivity contribution in [2.24, 2.45) is 0 Å². The highest BCUT2D eigenvalue weighted by atomic mass is 16.6. The third-order valence-electron chi connectivity index (χ3n) is 6.98. The van der Waals surface area contributed by atoms with Gasteiger partial charge in [-0.2, -0.15) is 0 Å². The van der Waals surface area contributed by atoms with E-state index in [2.05, 4.69) is 86.8 Å². The average molecular weight is 613 g/mol. The molecule has 1 N–H and O–H groups in total. The second kappa shape index (κ2) is 34.8. The van der Waals surface area contributed by atoms with Gasteiger partial charge in [-0.25, -0.2) is 0 Å². The summed E-state index contributed by atoms with van der Waals surface area (Å²) in [4.78, 5) is 24.1. The number of hydrogen-bond donors (Lipinski definition) is 1. The van der Waals surface area contributed by atoms with Crippen molar-refractivity contribution in [1.82, 2.24) is 0 Å². The third-order valence-corrected chi connectivity index (χ3v) is 6.98. The van der Waals surface area contributed by atoms with Crippen LogP contribution >= 0.6 is 0 Å². The SMILES string of the molecule is CCC=CCC=CCC=CCC=CCCCCC(=O)OC(CO)COC(=O)CCCCCCCC=CCC=CCCCCC. The van der Waals surface area contributed by atoms with Crippen LogP contribution in [0.15, 0.2) is 72.9 Å². The first-order valence-corrected chi connectivity index (χ1v) is 17.5. The van der Waals surface area contributed by atoms with E-state index in [-0.39, 0.29) is 25.2 Å². The molecule has 250 valence electrons. The molecule has 0 heterocycles. The van der Waals surface area contributed by atoms with Crippen LogP contribution < -0.4 is 0 Å². The smallest absolute Gasteiger partial charge is 0.306 e. The monoisotopic (exact) mass is 612 g/mol. The van der Waals surface area contributed by atoms with E-state index in [9.17, 15) is 14.7 Å². The van der Waals surface area contributed by atoms with Crippen LogP contribution in [0, 0.1) is 0 Å². The summed E-state index contributed by atoms with van der Waals surface area (Å²) in [5.41, 5.74) is 0. The van der Waals surface area contributed by atoms with Gasteiger partial charge in [0.2, 0.25) is 0 Å². The number of carbonyl (C=O) groups is 2. The van der Waals surface area contributed by atoms with Crippen molar-refractivity contribution in [2.45, 2.75) is 148 Å². The Balaban J connectivity index is 3.71. The van der Waals surface area contributed by atoms with Gasteiger partial charge < -0.3 is 14.6 Å². The van der Waals surface area contributed by atoms with E-state index < -0.39 is 6.10 Å². The minimum atomic E-state index is -0.801. The molecule has 5 nitrogen and oxygen atoms in total. The fourth-order valence-electron chi connectivity index (χ4n) is 4.34. The predicted molar refractivity (Wildman–Crippen MR) is 186 cm³/mol. The summed E-state index contributed by atoms with van der Waals surface area (Å²) in [6, 6.07) is 0. The van der Waals surface area contributed by atoms with Gasteiger partial charge in [-0.1, -0.05) is 119 Å². The second-order valence-electron chi connectivity index (χ2n) is 11.2. The number of allylic oxidation sites excluding steroid dienone is 12. The lowest BCUT2D eigenvalue weighted by atomic mass is 10.1. The molecule has 0 aliphatic carbocycles. The summed E-state index contributed by atoms with van der Waals surface area (Å²) in [5.74, 6) is -0.665. The number of esters is 2. The Morgan fingerprint density at radius 1 is 0.545 bits per heavy atom. The molecule has 1 unspecified atom stereocenters. The maximum atomic E-state index is 12.1. The number of hydrogen-bond acceptors (Lipinski definition) is 5. The van der Waals surface area contributed by atoms with E-state index in [1.807, 2.05) is 0 Å². The normalized spacial score (nSPS) is 13.1. The Bertz CT molecular complexity index is 833. The molecule has 0 aromatic heterocycles. The Morgan fingerprint density at radius 3 is 1.52 bits per heavy atom. The Hall–Kier alpha value is -2.66. The highest BCUT2D eigenvalue weighted by molar-refractivity contribution is 5.70. The Kier molecular flexibility index (Phi) is 32.7. The number of rotatable bonds is 30. The van der Waals surface area contributed by atoms with Crippen molar-refractivity contribution in [3.63, 3.8) is 0 Å². The first-order valence-electron chi connectivity index (χ1n) is 17.5. The van der Waals surface area contributed by atoms with Crippen molar-refractivity contribution in [3.8, 4) is 0 Å². The minimum Gasteiger partial charge on any atom is -0.462 e. The summed E-state index contributed by atoms with van der Waals surface area (Å²) >= 11 is 0. The zero-order chi connectivity index (χ0) is 32.2. The minimum absolute atomic E-state index is 0.0940. The van der Waals surface area contributed by atoms with Crippen LogP contribution in [0.25, 0.3) is 0 Å². The van der Waals surface area contributed by atoms with Crippen molar-refractivity contribution < 1.29 is 24.2 Å². The van der Waals surface area contributed by atoms with Crippen LogP contribution in [-0.4, -0.2) is 36.4 Å². The summed E-state index contributed by atoms with van der Waals surface area (Å²) in [5, 5.41) is 9.51. The number of carbonyl (C=O) groups excluding carboxylic acids is 2. The van der Waals surface area contributed by atoms with Gasteiger partial charge in [-0.3, -0.25) is 9.59 Å². The lowest BCUT2D eigenvalue weighted by molar-refractivity contribution is -0.161. The van der Waals surface area contributed by atoms with Crippen LogP contribution in [0.2, 0.25) is 0 Å². The molecule has 0 saturated carbocycles. The lowest BCUT2D eigenvalue weighted by Crippen LogP contribution is -2.28. The van der Waals surface area contributed by atoms with E-state index in [0.717, 1.165) is 83.5 Å². The molecule has 0 aromatic carbocycles. The number of aliphatic hydroxyl groups is 1. The predicted octanol–water partition coefficient (Wildman–Crippen LogP) is 10.6. The average Bonchev–Trinajstić information content (AvgIpc) is 3.02. The van der Waals surface area contributed by atoms with Gasteiger partial charge in [0.1, 0.15) is 6.61 Å². The zero-order valence-electron chi connectivity index (χ0n) is 28.1. The molecule has 1 atom stereocenters. The Morgan fingerprint density at radius 2 is 0.977 bits per heavy atom. The van der Waals surface area contributed by atoms with Crippen LogP contribution in [0.5, 0.6) is 0 Å². The van der Waals surface area contributed by atoms with Gasteiger partial charge in [-0.15, -0.1) is 0 Å². The first-order chi connectivity index (χ1) is 21.6. The summed E-state index contributed by atoms with van der Waals surface area (Å²) in [6.45, 7) is 3.92. The fourth-order valence-corrected chi connectivity index (χ4v) is 4.34. The molecule has 0 amide bonds. The highest BCUT2D eigenvalue weighted by Crippen LogP contribution is 2.10. The topological polar surface area (TPSA) is 72.8 Å². The number of unbranched alkanes of at least 4 members (excludes halogenated alkanes) is 10. The van der Waals surface area contributed by atoms with Crippen molar-refractivity contribution in [3.05, 3.63) is 72.9 Å². The molecule has 5 heteroatoms. The van der Waals surface area contributed by atoms with E-state index in [0.29, 0.717) is 12.8 Å². The van der Waals surface area contributed by atoms with Crippen LogP contribution in [0.1, 0.15) is 142 Å². The molecular formula is C39H64O5. The maximum Gasteiger partial charge on any atom is 0.306 e. The van der Waals surface area contributed by atoms with Gasteiger partial charge in [0, 0.05) is 12.8 Å². The van der Waals surface area contributed by atoms with Crippen molar-refractivity contribution in [2.75, 3.05) is 13.2 Å². The quantitative estimate of drug-likeness (QED) is 0.0496. The standard InChI is InChI=1S/C39H64O5/c1-3-5-7-9-11-13-15-17-19-21-23-25-27-29-31-33-38(41)43-36-37(35-40)44-39(42)34-32-30-28-26-24-22-20-18-16-14-12-10-8-6-4-2/h6,8,11-14,17-20,24,26,37,40H,3-5,7,9-10,15-16,21-23,25,27-36H2,1-2H3. The number of aliphatic hydroxyl groups excluding tert-OH is 1. The summed E-state index contributed by atoms with van der Waals surface area (Å²) in [6.07, 6.45) is 45.2. The molecule has 0 fully saturated rings. The van der Waals surface area contributed by atoms with E-state index in [4.69, 9.17) is 9.47 Å². The summed E-state index contributed by atoms with van der Waals surface area (Å²) in [7, 11) is 0. The van der Waals surface area contributed by atoms with Crippen LogP contribution in [0.3, 0.4) is 0 Å². The van der Waals surface area contributed by atoms with E-state index in [1.165, 1.54) is 32.1 Å². The van der Waals surface area contributed by atoms with Gasteiger partial charge in [0.05, 0.1) is 6.61 Å². The second-order valence-corrected chi connectivity index (χ2v) is 11.2. The molecule has 0 radical (unpaired) electrons. The molecular weight excluding hydrogens is 548 g/mol. The molecule has 44 heavy (non-hydrogen) atoms. The van der Waals surface area contributed by atoms with E-state index in [1.54, 1.807) is 0 Å². The van der Waals surface area contributed by atoms with Gasteiger partial charge in [-0.05, 0) is 83.5 Å². The van der Waals surface area contributed by atoms with E-state index >= 15 is 0 Å². The van der Waals surface area contributed by atoms with Crippen LogP contribution in [0.4, 0.5) is 0 Å². The fraction of sp³-hybridized carbons (Fsp3) is 0.641. The maximum absolute atomic E-state index is 12.1. The van der Waals surface area contributed by atoms with Crippen LogP contribution in [-0.2, 0) is 19.1 Å². The molecule has 0 rings (SSSR count). The first kappa shape index (κ1) is 41.3. The molecule has 0 bridgehead atoms. The zero-order valence-corrected chi connectivity index (χ0v) is 28.1.